The lowest BCUT2D eigenvalue weighted by Crippen LogP contribution is -2.35. The quantitative estimate of drug-likeness (QED) is 0.832. The van der Waals surface area contributed by atoms with Crippen LogP contribution in [0, 0.1) is 6.92 Å². The fraction of sp³-hybridized carbons (Fsp3) is 0.429. The van der Waals surface area contributed by atoms with Crippen molar-refractivity contribution in [1.82, 2.24) is 5.32 Å². The van der Waals surface area contributed by atoms with Gasteiger partial charge in [-0.1, -0.05) is 15.9 Å². The zero-order valence-corrected chi connectivity index (χ0v) is 13.4. The van der Waals surface area contributed by atoms with E-state index < -0.39 is 6.10 Å². The van der Waals surface area contributed by atoms with Gasteiger partial charge in [0.05, 0.1) is 0 Å². The number of amides is 2. The molecule has 0 aliphatic rings. The van der Waals surface area contributed by atoms with Gasteiger partial charge in [0, 0.05) is 30.2 Å². The first kappa shape index (κ1) is 16.7. The van der Waals surface area contributed by atoms with Gasteiger partial charge in [0.2, 0.25) is 11.8 Å². The highest BCUT2D eigenvalue weighted by atomic mass is 79.9. The van der Waals surface area contributed by atoms with Gasteiger partial charge in [-0.3, -0.25) is 9.59 Å². The standard InChI is InChI=1S/C14H19BrN2O3/c1-9-8-11(15)4-5-12(9)17-13(18)6-7-16-14(19)10(2)20-3/h4-5,8,10H,6-7H2,1-3H3,(H,16,19)(H,17,18)/t10-/m0/s1. The van der Waals surface area contributed by atoms with Gasteiger partial charge < -0.3 is 15.4 Å². The normalized spacial score (nSPS) is 11.8. The predicted molar refractivity (Wildman–Crippen MR) is 81.6 cm³/mol. The summed E-state index contributed by atoms with van der Waals surface area (Å²) >= 11 is 3.37. The third kappa shape index (κ3) is 5.30. The second-order valence-corrected chi connectivity index (χ2v) is 5.34. The molecule has 0 saturated carbocycles. The van der Waals surface area contributed by atoms with Gasteiger partial charge in [-0.15, -0.1) is 0 Å². The third-order valence-electron chi connectivity index (χ3n) is 2.84. The number of nitrogens with one attached hydrogen (secondary N) is 2. The lowest BCUT2D eigenvalue weighted by Gasteiger charge is -2.11. The molecule has 0 aliphatic carbocycles. The highest BCUT2D eigenvalue weighted by Gasteiger charge is 2.11. The van der Waals surface area contributed by atoms with E-state index in [4.69, 9.17) is 4.74 Å². The number of ether oxygens (including phenoxy) is 1. The van der Waals surface area contributed by atoms with E-state index in [2.05, 4.69) is 26.6 Å². The summed E-state index contributed by atoms with van der Waals surface area (Å²) in [6.07, 6.45) is -0.288. The maximum atomic E-state index is 11.8. The van der Waals surface area contributed by atoms with Gasteiger partial charge in [-0.05, 0) is 37.6 Å². The van der Waals surface area contributed by atoms with Crippen LogP contribution in [-0.4, -0.2) is 31.6 Å². The summed E-state index contributed by atoms with van der Waals surface area (Å²) < 4.78 is 5.84. The number of methoxy groups -OCH3 is 1. The van der Waals surface area contributed by atoms with E-state index in [1.807, 2.05) is 25.1 Å². The molecule has 0 heterocycles. The number of halogens is 1. The Morgan fingerprint density at radius 1 is 1.40 bits per heavy atom. The lowest BCUT2D eigenvalue weighted by atomic mass is 10.2. The smallest absolute Gasteiger partial charge is 0.248 e. The Hall–Kier alpha value is -1.40. The Bertz CT molecular complexity index is 491. The van der Waals surface area contributed by atoms with Crippen molar-refractivity contribution in [3.63, 3.8) is 0 Å². The molecule has 0 aromatic heterocycles. The molecule has 20 heavy (non-hydrogen) atoms. The van der Waals surface area contributed by atoms with Crippen LogP contribution in [0.3, 0.4) is 0 Å². The Balaban J connectivity index is 2.39. The van der Waals surface area contributed by atoms with Crippen LogP contribution in [0.15, 0.2) is 22.7 Å². The zero-order valence-electron chi connectivity index (χ0n) is 11.8. The minimum absolute atomic E-state index is 0.138. The SMILES string of the molecule is CO[C@@H](C)C(=O)NCCC(=O)Nc1ccc(Br)cc1C. The van der Waals surface area contributed by atoms with Gasteiger partial charge in [0.15, 0.2) is 0 Å². The van der Waals surface area contributed by atoms with Gasteiger partial charge in [0.1, 0.15) is 6.10 Å². The maximum Gasteiger partial charge on any atom is 0.248 e. The first-order chi connectivity index (χ1) is 9.43. The average Bonchev–Trinajstić information content (AvgIpc) is 2.41. The van der Waals surface area contributed by atoms with Crippen LogP contribution in [-0.2, 0) is 14.3 Å². The lowest BCUT2D eigenvalue weighted by molar-refractivity contribution is -0.130. The first-order valence-corrected chi connectivity index (χ1v) is 7.10. The molecule has 6 heteroatoms. The van der Waals surface area contributed by atoms with Crippen LogP contribution in [0.4, 0.5) is 5.69 Å². The number of anilines is 1. The first-order valence-electron chi connectivity index (χ1n) is 6.30. The Labute approximate surface area is 127 Å². The Morgan fingerprint density at radius 2 is 2.10 bits per heavy atom. The molecule has 1 rings (SSSR count). The fourth-order valence-corrected chi connectivity index (χ4v) is 2.01. The van der Waals surface area contributed by atoms with Crippen LogP contribution in [0.5, 0.6) is 0 Å². The average molecular weight is 343 g/mol. The Kier molecular flexibility index (Phi) is 6.67. The second kappa shape index (κ2) is 8.01. The maximum absolute atomic E-state index is 11.8. The molecule has 0 unspecified atom stereocenters. The minimum atomic E-state index is -0.508. The van der Waals surface area contributed by atoms with Crippen LogP contribution >= 0.6 is 15.9 Å². The van der Waals surface area contributed by atoms with Crippen LogP contribution in [0.2, 0.25) is 0 Å². The second-order valence-electron chi connectivity index (χ2n) is 4.43. The molecule has 1 aromatic carbocycles. The topological polar surface area (TPSA) is 67.4 Å². The highest BCUT2D eigenvalue weighted by molar-refractivity contribution is 9.10. The third-order valence-corrected chi connectivity index (χ3v) is 3.33. The summed E-state index contributed by atoms with van der Waals surface area (Å²) in [6, 6.07) is 5.63. The molecular weight excluding hydrogens is 324 g/mol. The van der Waals surface area contributed by atoms with E-state index in [1.54, 1.807) is 6.92 Å². The number of hydrogen-bond donors (Lipinski definition) is 2. The molecule has 110 valence electrons. The number of benzene rings is 1. The van der Waals surface area contributed by atoms with Crippen LogP contribution in [0.1, 0.15) is 18.9 Å². The number of carbonyl (C=O) groups is 2. The molecule has 0 saturated heterocycles. The van der Waals surface area contributed by atoms with Crippen LogP contribution in [0.25, 0.3) is 0 Å². The van der Waals surface area contributed by atoms with Crippen molar-refractivity contribution in [3.05, 3.63) is 28.2 Å². The monoisotopic (exact) mass is 342 g/mol. The Morgan fingerprint density at radius 3 is 2.70 bits per heavy atom. The van der Waals surface area contributed by atoms with Gasteiger partial charge in [-0.25, -0.2) is 0 Å². The van der Waals surface area contributed by atoms with Gasteiger partial charge in [0.25, 0.3) is 0 Å². The van der Waals surface area contributed by atoms with Gasteiger partial charge in [-0.2, -0.15) is 0 Å². The molecule has 0 aliphatic heterocycles. The van der Waals surface area contributed by atoms with Crippen molar-refractivity contribution in [2.75, 3.05) is 19.0 Å². The van der Waals surface area contributed by atoms with Crippen LogP contribution < -0.4 is 10.6 Å². The highest BCUT2D eigenvalue weighted by Crippen LogP contribution is 2.19. The summed E-state index contributed by atoms with van der Waals surface area (Å²) in [7, 11) is 1.47. The van der Waals surface area contributed by atoms with Crippen molar-refractivity contribution >= 4 is 33.4 Å². The van der Waals surface area contributed by atoms with E-state index >= 15 is 0 Å². The predicted octanol–water partition coefficient (Wildman–Crippen LogP) is 2.24. The number of rotatable bonds is 6. The molecule has 2 amide bonds. The van der Waals surface area contributed by atoms with E-state index in [1.165, 1.54) is 7.11 Å². The van der Waals surface area contributed by atoms with Crippen molar-refractivity contribution in [3.8, 4) is 0 Å². The summed E-state index contributed by atoms with van der Waals surface area (Å²) in [5.74, 6) is -0.360. The van der Waals surface area contributed by atoms with Crippen molar-refractivity contribution in [1.29, 1.82) is 0 Å². The molecule has 1 aromatic rings. The van der Waals surface area contributed by atoms with Crippen molar-refractivity contribution in [2.24, 2.45) is 0 Å². The van der Waals surface area contributed by atoms with E-state index in [-0.39, 0.29) is 24.8 Å². The summed E-state index contributed by atoms with van der Waals surface area (Å²) in [6.45, 7) is 3.86. The molecule has 0 fully saturated rings. The minimum Gasteiger partial charge on any atom is -0.372 e. The molecule has 1 atom stereocenters. The summed E-state index contributed by atoms with van der Waals surface area (Å²) in [4.78, 5) is 23.2. The van der Waals surface area contributed by atoms with E-state index in [0.717, 1.165) is 15.7 Å². The van der Waals surface area contributed by atoms with Crippen molar-refractivity contribution < 1.29 is 14.3 Å². The van der Waals surface area contributed by atoms with E-state index in [0.29, 0.717) is 0 Å². The number of aryl methyl sites for hydroxylation is 1. The fourth-order valence-electron chi connectivity index (χ4n) is 1.53. The van der Waals surface area contributed by atoms with Gasteiger partial charge >= 0.3 is 0 Å². The summed E-state index contributed by atoms with van der Waals surface area (Å²) in [5, 5.41) is 5.45. The largest absolute Gasteiger partial charge is 0.372 e. The van der Waals surface area contributed by atoms with E-state index in [9.17, 15) is 9.59 Å². The molecule has 0 spiro atoms. The number of carbonyl (C=O) groups excluding carboxylic acids is 2. The molecule has 0 radical (unpaired) electrons. The molecular formula is C14H19BrN2O3. The summed E-state index contributed by atoms with van der Waals surface area (Å²) in [5.41, 5.74) is 1.75. The molecule has 2 N–H and O–H groups in total. The number of hydrogen-bond acceptors (Lipinski definition) is 3. The molecule has 5 nitrogen and oxygen atoms in total. The molecule has 0 bridgehead atoms. The zero-order chi connectivity index (χ0) is 15.1. The van der Waals surface area contributed by atoms with Crippen molar-refractivity contribution in [2.45, 2.75) is 26.4 Å².